The predicted octanol–water partition coefficient (Wildman–Crippen LogP) is 2.79. The molecule has 0 saturated heterocycles. The lowest BCUT2D eigenvalue weighted by Gasteiger charge is -2.19. The molecule has 0 rings (SSSR count). The van der Waals surface area contributed by atoms with Crippen LogP contribution < -0.4 is 5.32 Å². The standard InChI is InChI=1S/C12H23F3N2O2/c1-4-17(5-2)8-6-7-10(3)16-11(18)19-9-12(13,14)15/h10H,4-9H2,1-3H3,(H,16,18). The quantitative estimate of drug-likeness (QED) is 0.745. The van der Waals surface area contributed by atoms with Crippen molar-refractivity contribution >= 4 is 6.09 Å². The lowest BCUT2D eigenvalue weighted by molar-refractivity contribution is -0.160. The van der Waals surface area contributed by atoms with Crippen molar-refractivity contribution in [2.45, 2.75) is 45.8 Å². The molecule has 7 heteroatoms. The van der Waals surface area contributed by atoms with Crippen LogP contribution in [0.1, 0.15) is 33.6 Å². The highest BCUT2D eigenvalue weighted by Crippen LogP contribution is 2.14. The van der Waals surface area contributed by atoms with Crippen molar-refractivity contribution in [2.24, 2.45) is 0 Å². The third-order valence-corrected chi connectivity index (χ3v) is 2.74. The molecule has 0 radical (unpaired) electrons. The van der Waals surface area contributed by atoms with Crippen LogP contribution in [0.5, 0.6) is 0 Å². The molecular weight excluding hydrogens is 261 g/mol. The predicted molar refractivity (Wildman–Crippen MR) is 67.0 cm³/mol. The normalized spacial score (nSPS) is 13.4. The molecule has 19 heavy (non-hydrogen) atoms. The fourth-order valence-corrected chi connectivity index (χ4v) is 1.62. The van der Waals surface area contributed by atoms with Crippen molar-refractivity contribution in [2.75, 3.05) is 26.2 Å². The van der Waals surface area contributed by atoms with Crippen LogP contribution in [0.4, 0.5) is 18.0 Å². The molecule has 0 fully saturated rings. The van der Waals surface area contributed by atoms with E-state index in [0.29, 0.717) is 6.42 Å². The number of nitrogens with one attached hydrogen (secondary N) is 1. The van der Waals surface area contributed by atoms with Gasteiger partial charge in [0.05, 0.1) is 0 Å². The fraction of sp³-hybridized carbons (Fsp3) is 0.917. The van der Waals surface area contributed by atoms with Crippen LogP contribution in [-0.2, 0) is 4.74 Å². The Labute approximate surface area is 112 Å². The van der Waals surface area contributed by atoms with Gasteiger partial charge in [-0.05, 0) is 39.4 Å². The summed E-state index contributed by atoms with van der Waals surface area (Å²) in [7, 11) is 0. The van der Waals surface area contributed by atoms with Gasteiger partial charge in [0, 0.05) is 6.04 Å². The van der Waals surface area contributed by atoms with Gasteiger partial charge >= 0.3 is 12.3 Å². The van der Waals surface area contributed by atoms with Gasteiger partial charge in [-0.3, -0.25) is 0 Å². The molecule has 0 heterocycles. The van der Waals surface area contributed by atoms with Gasteiger partial charge in [-0.15, -0.1) is 0 Å². The Hall–Kier alpha value is -0.980. The molecule has 0 aromatic rings. The van der Waals surface area contributed by atoms with Crippen LogP contribution in [0, 0.1) is 0 Å². The minimum Gasteiger partial charge on any atom is -0.440 e. The molecule has 1 unspecified atom stereocenters. The van der Waals surface area contributed by atoms with Gasteiger partial charge in [-0.25, -0.2) is 4.79 Å². The average Bonchev–Trinajstić information content (AvgIpc) is 2.31. The number of rotatable bonds is 8. The van der Waals surface area contributed by atoms with Gasteiger partial charge in [0.1, 0.15) is 0 Å². The Balaban J connectivity index is 3.73. The first-order chi connectivity index (χ1) is 8.78. The first kappa shape index (κ1) is 18.0. The van der Waals surface area contributed by atoms with E-state index in [1.807, 2.05) is 0 Å². The highest BCUT2D eigenvalue weighted by atomic mass is 19.4. The van der Waals surface area contributed by atoms with E-state index in [-0.39, 0.29) is 6.04 Å². The number of amides is 1. The summed E-state index contributed by atoms with van der Waals surface area (Å²) in [4.78, 5) is 13.3. The average molecular weight is 284 g/mol. The van der Waals surface area contributed by atoms with E-state index in [1.165, 1.54) is 0 Å². The van der Waals surface area contributed by atoms with E-state index in [2.05, 4.69) is 28.8 Å². The number of carbonyl (C=O) groups is 1. The van der Waals surface area contributed by atoms with Crippen molar-refractivity contribution in [1.29, 1.82) is 0 Å². The molecule has 1 atom stereocenters. The Morgan fingerprint density at radius 1 is 1.32 bits per heavy atom. The van der Waals surface area contributed by atoms with Crippen LogP contribution in [-0.4, -0.2) is 49.5 Å². The number of alkyl carbamates (subject to hydrolysis) is 1. The molecule has 0 aliphatic carbocycles. The summed E-state index contributed by atoms with van der Waals surface area (Å²) in [5, 5.41) is 2.38. The Morgan fingerprint density at radius 3 is 2.37 bits per heavy atom. The van der Waals surface area contributed by atoms with Crippen LogP contribution in [0.15, 0.2) is 0 Å². The number of carbonyl (C=O) groups excluding carboxylic acids is 1. The number of ether oxygens (including phenoxy) is 1. The van der Waals surface area contributed by atoms with Crippen molar-refractivity contribution in [1.82, 2.24) is 10.2 Å². The summed E-state index contributed by atoms with van der Waals surface area (Å²) >= 11 is 0. The van der Waals surface area contributed by atoms with E-state index in [9.17, 15) is 18.0 Å². The second kappa shape index (κ2) is 9.01. The topological polar surface area (TPSA) is 41.6 Å². The second-order valence-electron chi connectivity index (χ2n) is 4.41. The maximum absolute atomic E-state index is 11.8. The van der Waals surface area contributed by atoms with Crippen LogP contribution in [0.25, 0.3) is 0 Å². The first-order valence-electron chi connectivity index (χ1n) is 6.50. The van der Waals surface area contributed by atoms with Gasteiger partial charge in [-0.2, -0.15) is 13.2 Å². The smallest absolute Gasteiger partial charge is 0.422 e. The molecule has 0 aliphatic rings. The second-order valence-corrected chi connectivity index (χ2v) is 4.41. The fourth-order valence-electron chi connectivity index (χ4n) is 1.62. The third kappa shape index (κ3) is 10.6. The molecular formula is C12H23F3N2O2. The zero-order chi connectivity index (χ0) is 14.9. The highest BCUT2D eigenvalue weighted by molar-refractivity contribution is 5.67. The number of nitrogens with zero attached hydrogens (tertiary/aromatic N) is 1. The molecule has 0 spiro atoms. The molecule has 0 aliphatic heterocycles. The summed E-state index contributed by atoms with van der Waals surface area (Å²) < 4.78 is 39.5. The maximum atomic E-state index is 11.8. The lowest BCUT2D eigenvalue weighted by Crippen LogP contribution is -2.35. The highest BCUT2D eigenvalue weighted by Gasteiger charge is 2.29. The summed E-state index contributed by atoms with van der Waals surface area (Å²) in [6.07, 6.45) is -3.92. The Kier molecular flexibility index (Phi) is 8.54. The van der Waals surface area contributed by atoms with Gasteiger partial charge in [0.15, 0.2) is 6.61 Å². The van der Waals surface area contributed by atoms with E-state index < -0.39 is 18.9 Å². The number of hydrogen-bond donors (Lipinski definition) is 1. The van der Waals surface area contributed by atoms with Crippen LogP contribution in [0.2, 0.25) is 0 Å². The minimum absolute atomic E-state index is 0.198. The summed E-state index contributed by atoms with van der Waals surface area (Å²) in [5.74, 6) is 0. The largest absolute Gasteiger partial charge is 0.440 e. The summed E-state index contributed by atoms with van der Waals surface area (Å²) in [5.41, 5.74) is 0. The Bertz CT molecular complexity index is 256. The molecule has 4 nitrogen and oxygen atoms in total. The SMILES string of the molecule is CCN(CC)CCCC(C)NC(=O)OCC(F)(F)F. The Morgan fingerprint density at radius 2 is 1.89 bits per heavy atom. The molecule has 114 valence electrons. The lowest BCUT2D eigenvalue weighted by atomic mass is 10.2. The monoisotopic (exact) mass is 284 g/mol. The van der Waals surface area contributed by atoms with Gasteiger partial charge in [0.25, 0.3) is 0 Å². The van der Waals surface area contributed by atoms with Crippen LogP contribution >= 0.6 is 0 Å². The zero-order valence-electron chi connectivity index (χ0n) is 11.7. The molecule has 0 aromatic heterocycles. The van der Waals surface area contributed by atoms with Gasteiger partial charge < -0.3 is 15.0 Å². The number of hydrogen-bond acceptors (Lipinski definition) is 3. The van der Waals surface area contributed by atoms with E-state index in [1.54, 1.807) is 6.92 Å². The zero-order valence-corrected chi connectivity index (χ0v) is 11.7. The van der Waals surface area contributed by atoms with Crippen molar-refractivity contribution < 1.29 is 22.7 Å². The van der Waals surface area contributed by atoms with Gasteiger partial charge in [-0.1, -0.05) is 13.8 Å². The first-order valence-corrected chi connectivity index (χ1v) is 6.50. The van der Waals surface area contributed by atoms with E-state index in [0.717, 1.165) is 26.1 Å². The minimum atomic E-state index is -4.48. The third-order valence-electron chi connectivity index (χ3n) is 2.74. The summed E-state index contributed by atoms with van der Waals surface area (Å²) in [6, 6.07) is -0.198. The molecule has 1 N–H and O–H groups in total. The van der Waals surface area contributed by atoms with Crippen molar-refractivity contribution in [3.05, 3.63) is 0 Å². The maximum Gasteiger partial charge on any atom is 0.422 e. The number of halogens is 3. The van der Waals surface area contributed by atoms with E-state index in [4.69, 9.17) is 0 Å². The van der Waals surface area contributed by atoms with Crippen molar-refractivity contribution in [3.63, 3.8) is 0 Å². The molecule has 0 aromatic carbocycles. The molecule has 0 bridgehead atoms. The molecule has 1 amide bonds. The van der Waals surface area contributed by atoms with E-state index >= 15 is 0 Å². The molecule has 0 saturated carbocycles. The van der Waals surface area contributed by atoms with Crippen molar-refractivity contribution in [3.8, 4) is 0 Å². The van der Waals surface area contributed by atoms with Gasteiger partial charge in [0.2, 0.25) is 0 Å². The van der Waals surface area contributed by atoms with Crippen LogP contribution in [0.3, 0.4) is 0 Å². The number of alkyl halides is 3. The summed E-state index contributed by atoms with van der Waals surface area (Å²) in [6.45, 7) is 7.18.